The molecule has 0 spiro atoms. The summed E-state index contributed by atoms with van der Waals surface area (Å²) in [7, 11) is 3.04. The predicted molar refractivity (Wildman–Crippen MR) is 57.9 cm³/mol. The minimum absolute atomic E-state index is 0.124. The number of aromatic hydroxyl groups is 1. The third-order valence-corrected chi connectivity index (χ3v) is 2.22. The maximum absolute atomic E-state index is 11.5. The third kappa shape index (κ3) is 2.40. The first kappa shape index (κ1) is 11.8. The van der Waals surface area contributed by atoms with Crippen molar-refractivity contribution >= 4 is 17.4 Å². The Morgan fingerprint density at radius 2 is 2.27 bits per heavy atom. The molecule has 1 aromatic carbocycles. The van der Waals surface area contributed by atoms with Gasteiger partial charge in [0, 0.05) is 0 Å². The van der Waals surface area contributed by atoms with Gasteiger partial charge in [0.15, 0.2) is 17.3 Å². The van der Waals surface area contributed by atoms with Gasteiger partial charge in [-0.15, -0.1) is 0 Å². The number of carbonyl (C=O) groups is 1. The Balaban J connectivity index is 3.15. The quantitative estimate of drug-likeness (QED) is 0.768. The second-order valence-corrected chi connectivity index (χ2v) is 3.34. The van der Waals surface area contributed by atoms with Gasteiger partial charge in [-0.3, -0.25) is 4.79 Å². The fourth-order valence-corrected chi connectivity index (χ4v) is 1.45. The van der Waals surface area contributed by atoms with E-state index in [0.29, 0.717) is 0 Å². The molecule has 15 heavy (non-hydrogen) atoms. The van der Waals surface area contributed by atoms with Gasteiger partial charge in [0.1, 0.15) is 0 Å². The summed E-state index contributed by atoms with van der Waals surface area (Å²) in [4.78, 5) is 11.5. The van der Waals surface area contributed by atoms with Crippen molar-refractivity contribution < 1.29 is 14.6 Å². The van der Waals surface area contributed by atoms with E-state index in [9.17, 15) is 9.90 Å². The molecule has 0 amide bonds. The SMILES string of the molecule is CNCC(=O)c1ccc(Cl)c(OC)c1O. The van der Waals surface area contributed by atoms with Crippen molar-refractivity contribution in [1.82, 2.24) is 5.32 Å². The molecule has 2 N–H and O–H groups in total. The first-order valence-corrected chi connectivity index (χ1v) is 4.72. The first-order valence-electron chi connectivity index (χ1n) is 4.35. The monoisotopic (exact) mass is 229 g/mol. The average Bonchev–Trinajstić information content (AvgIpc) is 2.18. The van der Waals surface area contributed by atoms with Crippen molar-refractivity contribution in [1.29, 1.82) is 0 Å². The number of halogens is 1. The largest absolute Gasteiger partial charge is 0.504 e. The molecule has 0 aliphatic carbocycles. The maximum atomic E-state index is 11.5. The first-order chi connectivity index (χ1) is 7.11. The Morgan fingerprint density at radius 1 is 1.60 bits per heavy atom. The molecule has 0 aliphatic rings. The summed E-state index contributed by atoms with van der Waals surface area (Å²) in [6, 6.07) is 2.99. The minimum atomic E-state index is -0.218. The Hall–Kier alpha value is -1.26. The highest BCUT2D eigenvalue weighted by atomic mass is 35.5. The molecular weight excluding hydrogens is 218 g/mol. The lowest BCUT2D eigenvalue weighted by molar-refractivity contribution is 0.0990. The van der Waals surface area contributed by atoms with Crippen molar-refractivity contribution in [3.05, 3.63) is 22.7 Å². The number of phenols is 1. The lowest BCUT2D eigenvalue weighted by Gasteiger charge is -2.09. The molecule has 82 valence electrons. The standard InChI is InChI=1S/C10H12ClNO3/c1-12-5-8(13)6-3-4-7(11)10(15-2)9(6)14/h3-4,12,14H,5H2,1-2H3. The summed E-state index contributed by atoms with van der Waals surface area (Å²) in [5, 5.41) is 12.7. The summed E-state index contributed by atoms with van der Waals surface area (Å²) < 4.78 is 4.89. The van der Waals surface area contributed by atoms with Crippen LogP contribution in [0.2, 0.25) is 5.02 Å². The highest BCUT2D eigenvalue weighted by Gasteiger charge is 2.16. The molecule has 4 nitrogen and oxygen atoms in total. The van der Waals surface area contributed by atoms with E-state index in [1.54, 1.807) is 7.05 Å². The van der Waals surface area contributed by atoms with Gasteiger partial charge in [-0.2, -0.15) is 0 Å². The van der Waals surface area contributed by atoms with Gasteiger partial charge < -0.3 is 15.2 Å². The summed E-state index contributed by atoms with van der Waals surface area (Å²) in [5.41, 5.74) is 0.200. The zero-order valence-electron chi connectivity index (χ0n) is 8.50. The lowest BCUT2D eigenvalue weighted by atomic mass is 10.1. The van der Waals surface area contributed by atoms with Gasteiger partial charge >= 0.3 is 0 Å². The lowest BCUT2D eigenvalue weighted by Crippen LogP contribution is -2.18. The van der Waals surface area contributed by atoms with Crippen molar-refractivity contribution in [2.24, 2.45) is 0 Å². The highest BCUT2D eigenvalue weighted by Crippen LogP contribution is 2.36. The number of ketones is 1. The number of likely N-dealkylation sites (N-methyl/N-ethyl adjacent to an activating group) is 1. The van der Waals surface area contributed by atoms with Gasteiger partial charge in [0.25, 0.3) is 0 Å². The molecule has 0 aliphatic heterocycles. The van der Waals surface area contributed by atoms with E-state index in [1.165, 1.54) is 19.2 Å². The van der Waals surface area contributed by atoms with E-state index in [4.69, 9.17) is 16.3 Å². The van der Waals surface area contributed by atoms with E-state index in [1.807, 2.05) is 0 Å². The molecular formula is C10H12ClNO3. The Labute approximate surface area is 92.8 Å². The summed E-state index contributed by atoms with van der Waals surface area (Å²) >= 11 is 5.77. The van der Waals surface area contributed by atoms with Crippen LogP contribution in [0.15, 0.2) is 12.1 Å². The van der Waals surface area contributed by atoms with Gasteiger partial charge in [0.05, 0.1) is 24.2 Å². The van der Waals surface area contributed by atoms with E-state index in [2.05, 4.69) is 5.32 Å². The van der Waals surface area contributed by atoms with E-state index < -0.39 is 0 Å². The number of nitrogens with one attached hydrogen (secondary N) is 1. The smallest absolute Gasteiger partial charge is 0.180 e. The molecule has 0 heterocycles. The molecule has 0 radical (unpaired) electrons. The highest BCUT2D eigenvalue weighted by molar-refractivity contribution is 6.32. The number of phenolic OH excluding ortho intramolecular Hbond substituents is 1. The van der Waals surface area contributed by atoms with Crippen molar-refractivity contribution in [3.8, 4) is 11.5 Å². The number of hydrogen-bond donors (Lipinski definition) is 2. The number of hydrogen-bond acceptors (Lipinski definition) is 4. The van der Waals surface area contributed by atoms with E-state index in [0.717, 1.165) is 0 Å². The molecule has 1 aromatic rings. The van der Waals surface area contributed by atoms with E-state index in [-0.39, 0.29) is 34.4 Å². The van der Waals surface area contributed by atoms with Crippen LogP contribution in [0.1, 0.15) is 10.4 Å². The van der Waals surface area contributed by atoms with Crippen LogP contribution in [-0.4, -0.2) is 31.6 Å². The van der Waals surface area contributed by atoms with Crippen LogP contribution in [0.5, 0.6) is 11.5 Å². The van der Waals surface area contributed by atoms with Crippen LogP contribution in [0.4, 0.5) is 0 Å². The van der Waals surface area contributed by atoms with Crippen molar-refractivity contribution in [2.75, 3.05) is 20.7 Å². The summed E-state index contributed by atoms with van der Waals surface area (Å²) in [6.07, 6.45) is 0. The van der Waals surface area contributed by atoms with Crippen LogP contribution in [0.25, 0.3) is 0 Å². The molecule has 0 saturated carbocycles. The molecule has 0 fully saturated rings. The maximum Gasteiger partial charge on any atom is 0.180 e. The molecule has 0 saturated heterocycles. The van der Waals surface area contributed by atoms with Gasteiger partial charge in [-0.05, 0) is 19.2 Å². The molecule has 0 unspecified atom stereocenters. The van der Waals surface area contributed by atoms with Crippen LogP contribution in [0, 0.1) is 0 Å². The van der Waals surface area contributed by atoms with Crippen LogP contribution in [0.3, 0.4) is 0 Å². The van der Waals surface area contributed by atoms with Gasteiger partial charge in [-0.25, -0.2) is 0 Å². The molecule has 5 heteroatoms. The second kappa shape index (κ2) is 5.00. The van der Waals surface area contributed by atoms with Crippen LogP contribution < -0.4 is 10.1 Å². The normalized spacial score (nSPS) is 10.1. The van der Waals surface area contributed by atoms with Crippen molar-refractivity contribution in [2.45, 2.75) is 0 Å². The number of methoxy groups -OCH3 is 1. The number of rotatable bonds is 4. The number of carbonyl (C=O) groups excluding carboxylic acids is 1. The molecule has 0 aromatic heterocycles. The van der Waals surface area contributed by atoms with Crippen LogP contribution in [-0.2, 0) is 0 Å². The Kier molecular flexibility index (Phi) is 3.94. The fourth-order valence-electron chi connectivity index (χ4n) is 1.22. The topological polar surface area (TPSA) is 58.6 Å². The summed E-state index contributed by atoms with van der Waals surface area (Å²) in [5.74, 6) is -0.311. The minimum Gasteiger partial charge on any atom is -0.504 e. The van der Waals surface area contributed by atoms with Gasteiger partial charge in [0.2, 0.25) is 0 Å². The summed E-state index contributed by atoms with van der Waals surface area (Å²) in [6.45, 7) is 0.151. The third-order valence-electron chi connectivity index (χ3n) is 1.93. The number of ether oxygens (including phenoxy) is 1. The Morgan fingerprint density at radius 3 is 2.80 bits per heavy atom. The number of Topliss-reactive ketones (excluding diaryl/α,β-unsaturated/α-hetero) is 1. The number of benzene rings is 1. The van der Waals surface area contributed by atoms with E-state index >= 15 is 0 Å². The molecule has 0 atom stereocenters. The second-order valence-electron chi connectivity index (χ2n) is 2.93. The van der Waals surface area contributed by atoms with Crippen LogP contribution >= 0.6 is 11.6 Å². The van der Waals surface area contributed by atoms with Crippen molar-refractivity contribution in [3.63, 3.8) is 0 Å². The average molecular weight is 230 g/mol. The molecule has 1 rings (SSSR count). The zero-order valence-corrected chi connectivity index (χ0v) is 9.26. The fraction of sp³-hybridized carbons (Fsp3) is 0.300. The predicted octanol–water partition coefficient (Wildman–Crippen LogP) is 1.46. The zero-order chi connectivity index (χ0) is 11.4. The van der Waals surface area contributed by atoms with Gasteiger partial charge in [-0.1, -0.05) is 11.6 Å². The Bertz CT molecular complexity index is 379. The molecule has 0 bridgehead atoms.